The highest BCUT2D eigenvalue weighted by Gasteiger charge is 2.41. The minimum absolute atomic E-state index is 0.0620. The van der Waals surface area contributed by atoms with Crippen LogP contribution in [0, 0.1) is 12.7 Å². The van der Waals surface area contributed by atoms with E-state index in [0.717, 1.165) is 18.2 Å². The van der Waals surface area contributed by atoms with Gasteiger partial charge in [-0.15, -0.1) is 0 Å². The van der Waals surface area contributed by atoms with Gasteiger partial charge in [0.05, 0.1) is 33.7 Å². The first-order chi connectivity index (χ1) is 15.9. The van der Waals surface area contributed by atoms with Gasteiger partial charge in [-0.05, 0) is 67.0 Å². The topological polar surface area (TPSA) is 106 Å². The van der Waals surface area contributed by atoms with E-state index in [2.05, 4.69) is 36.9 Å². The molecule has 0 spiro atoms. The van der Waals surface area contributed by atoms with E-state index >= 15 is 0 Å². The first-order valence-corrected chi connectivity index (χ1v) is 11.2. The van der Waals surface area contributed by atoms with E-state index in [1.165, 1.54) is 6.92 Å². The van der Waals surface area contributed by atoms with Gasteiger partial charge in [0.1, 0.15) is 5.82 Å². The summed E-state index contributed by atoms with van der Waals surface area (Å²) in [6.07, 6.45) is -3.27. The summed E-state index contributed by atoms with van der Waals surface area (Å²) in [5.74, 6) is -2.38. The Morgan fingerprint density at radius 3 is 2.62 bits per heavy atom. The third kappa shape index (κ3) is 4.62. The standard InChI is InChI=1S/C22H21BrF4N4O3/c1-10-16(20(33)29-9-21(34)2-4-28-5-3-21)17(22(25,26)27)15(30-10)8-13-12-6-11(24)7-14(23)18(12)31-19(13)32/h6-8,28,30,34H,2-5,9H2,1H3,(H,29,33)(H,31,32)/b13-8-. The van der Waals surface area contributed by atoms with Gasteiger partial charge in [-0.25, -0.2) is 4.39 Å². The van der Waals surface area contributed by atoms with Crippen molar-refractivity contribution < 1.29 is 32.3 Å². The minimum Gasteiger partial charge on any atom is -0.388 e. The lowest BCUT2D eigenvalue weighted by atomic mass is 9.92. The molecule has 2 amide bonds. The zero-order chi connectivity index (χ0) is 24.8. The molecule has 3 heterocycles. The van der Waals surface area contributed by atoms with Crippen LogP contribution in [0.2, 0.25) is 0 Å². The largest absolute Gasteiger partial charge is 0.419 e. The first-order valence-electron chi connectivity index (χ1n) is 10.4. The van der Waals surface area contributed by atoms with Crippen LogP contribution in [-0.4, -0.2) is 47.1 Å². The van der Waals surface area contributed by atoms with Gasteiger partial charge in [0.15, 0.2) is 0 Å². The number of hydrogen-bond donors (Lipinski definition) is 5. The molecule has 0 bridgehead atoms. The number of nitrogens with one attached hydrogen (secondary N) is 4. The Morgan fingerprint density at radius 1 is 1.29 bits per heavy atom. The second-order valence-electron chi connectivity index (χ2n) is 8.39. The number of aryl methyl sites for hydroxylation is 1. The predicted octanol–water partition coefficient (Wildman–Crippen LogP) is 3.58. The number of benzene rings is 1. The van der Waals surface area contributed by atoms with Crippen LogP contribution in [0.15, 0.2) is 16.6 Å². The molecule has 1 fully saturated rings. The molecule has 0 atom stereocenters. The molecule has 4 rings (SSSR count). The summed E-state index contributed by atoms with van der Waals surface area (Å²) in [6.45, 7) is 2.17. The molecular weight excluding hydrogens is 524 g/mol. The zero-order valence-corrected chi connectivity index (χ0v) is 19.5. The summed E-state index contributed by atoms with van der Waals surface area (Å²) in [7, 11) is 0. The Hall–Kier alpha value is -2.70. The number of carbonyl (C=O) groups is 2. The van der Waals surface area contributed by atoms with Gasteiger partial charge in [0.25, 0.3) is 11.8 Å². The number of H-pyrrole nitrogens is 1. The number of rotatable bonds is 4. The molecule has 1 saturated heterocycles. The van der Waals surface area contributed by atoms with Gasteiger partial charge in [-0.2, -0.15) is 13.2 Å². The maximum absolute atomic E-state index is 14.1. The molecule has 1 aromatic heterocycles. The molecule has 0 aliphatic carbocycles. The fourth-order valence-corrected chi connectivity index (χ4v) is 4.77. The number of hydrogen-bond acceptors (Lipinski definition) is 4. The fourth-order valence-electron chi connectivity index (χ4n) is 4.24. The van der Waals surface area contributed by atoms with Crippen LogP contribution in [0.4, 0.5) is 23.2 Å². The monoisotopic (exact) mass is 544 g/mol. The van der Waals surface area contributed by atoms with E-state index in [1.807, 2.05) is 0 Å². The van der Waals surface area contributed by atoms with Gasteiger partial charge in [-0.3, -0.25) is 9.59 Å². The Bertz CT molecular complexity index is 1200. The Balaban J connectivity index is 1.73. The van der Waals surface area contributed by atoms with Crippen molar-refractivity contribution in [1.29, 1.82) is 0 Å². The summed E-state index contributed by atoms with van der Waals surface area (Å²) in [5, 5.41) is 18.5. The third-order valence-corrected chi connectivity index (χ3v) is 6.58. The number of carbonyl (C=O) groups excluding carboxylic acids is 2. The van der Waals surface area contributed by atoms with E-state index in [1.54, 1.807) is 0 Å². The maximum Gasteiger partial charge on any atom is 0.419 e. The minimum atomic E-state index is -4.93. The van der Waals surface area contributed by atoms with Crippen LogP contribution in [0.1, 0.15) is 45.7 Å². The summed E-state index contributed by atoms with van der Waals surface area (Å²) >= 11 is 3.13. The fraction of sp³-hybridized carbons (Fsp3) is 0.364. The normalized spacial score (nSPS) is 18.7. The van der Waals surface area contributed by atoms with Gasteiger partial charge in [0.2, 0.25) is 0 Å². The van der Waals surface area contributed by atoms with Crippen molar-refractivity contribution in [2.45, 2.75) is 31.5 Å². The van der Waals surface area contributed by atoms with Gasteiger partial charge in [0, 0.05) is 22.3 Å². The second kappa shape index (κ2) is 8.82. The van der Waals surface area contributed by atoms with Gasteiger partial charge >= 0.3 is 6.18 Å². The van der Waals surface area contributed by atoms with Crippen molar-refractivity contribution in [3.8, 4) is 0 Å². The number of fused-ring (bicyclic) bond motifs is 1. The van der Waals surface area contributed by atoms with Crippen LogP contribution in [0.25, 0.3) is 11.6 Å². The number of anilines is 1. The number of aliphatic hydroxyl groups is 1. The lowest BCUT2D eigenvalue weighted by molar-refractivity contribution is -0.138. The average molecular weight is 545 g/mol. The Kier molecular flexibility index (Phi) is 6.34. The van der Waals surface area contributed by atoms with E-state index in [0.29, 0.717) is 25.9 Å². The van der Waals surface area contributed by atoms with Crippen molar-refractivity contribution in [1.82, 2.24) is 15.6 Å². The predicted molar refractivity (Wildman–Crippen MR) is 121 cm³/mol. The molecule has 2 aromatic rings. The summed E-state index contributed by atoms with van der Waals surface area (Å²) < 4.78 is 56.4. The van der Waals surface area contributed by atoms with Crippen molar-refractivity contribution in [2.24, 2.45) is 0 Å². The Morgan fingerprint density at radius 2 is 1.97 bits per heavy atom. The maximum atomic E-state index is 14.1. The van der Waals surface area contributed by atoms with E-state index < -0.39 is 46.2 Å². The number of amides is 2. The smallest absolute Gasteiger partial charge is 0.388 e. The molecule has 0 unspecified atom stereocenters. The van der Waals surface area contributed by atoms with E-state index in [-0.39, 0.29) is 33.5 Å². The average Bonchev–Trinajstić information content (AvgIpc) is 3.24. The van der Waals surface area contributed by atoms with Gasteiger partial charge in [-0.1, -0.05) is 0 Å². The van der Waals surface area contributed by atoms with Crippen LogP contribution >= 0.6 is 15.9 Å². The third-order valence-electron chi connectivity index (χ3n) is 5.96. The molecule has 5 N–H and O–H groups in total. The molecular formula is C22H21BrF4N4O3. The number of aromatic amines is 1. The highest BCUT2D eigenvalue weighted by Crippen LogP contribution is 2.42. The highest BCUT2D eigenvalue weighted by molar-refractivity contribution is 9.10. The van der Waals surface area contributed by atoms with E-state index in [9.17, 15) is 32.3 Å². The quantitative estimate of drug-likeness (QED) is 0.299. The first kappa shape index (κ1) is 24.4. The molecule has 182 valence electrons. The van der Waals surface area contributed by atoms with Gasteiger partial charge < -0.3 is 26.0 Å². The highest BCUT2D eigenvalue weighted by atomic mass is 79.9. The van der Waals surface area contributed by atoms with Crippen molar-refractivity contribution >= 4 is 45.1 Å². The molecule has 7 nitrogen and oxygen atoms in total. The second-order valence-corrected chi connectivity index (χ2v) is 9.25. The van der Waals surface area contributed by atoms with Crippen molar-refractivity contribution in [3.63, 3.8) is 0 Å². The number of alkyl halides is 3. The van der Waals surface area contributed by atoms with Crippen LogP contribution in [0.5, 0.6) is 0 Å². The molecule has 0 radical (unpaired) electrons. The SMILES string of the molecule is Cc1[nH]c(/C=C2\C(=O)Nc3c(Br)cc(F)cc32)c(C(F)(F)F)c1C(=O)NCC1(O)CCNCC1. The van der Waals surface area contributed by atoms with E-state index in [4.69, 9.17) is 0 Å². The summed E-state index contributed by atoms with van der Waals surface area (Å²) in [6, 6.07) is 2.17. The van der Waals surface area contributed by atoms with Crippen molar-refractivity contribution in [3.05, 3.63) is 50.5 Å². The lowest BCUT2D eigenvalue weighted by Crippen LogP contribution is -2.49. The number of aromatic nitrogens is 1. The Labute approximate surface area is 200 Å². The molecule has 34 heavy (non-hydrogen) atoms. The summed E-state index contributed by atoms with van der Waals surface area (Å²) in [4.78, 5) is 27.8. The van der Waals surface area contributed by atoms with Crippen molar-refractivity contribution in [2.75, 3.05) is 25.0 Å². The number of piperidine rings is 1. The molecule has 2 aliphatic rings. The summed E-state index contributed by atoms with van der Waals surface area (Å²) in [5.41, 5.74) is -3.50. The van der Waals surface area contributed by atoms with Crippen LogP contribution in [-0.2, 0) is 11.0 Å². The van der Waals surface area contributed by atoms with Crippen LogP contribution < -0.4 is 16.0 Å². The number of halogens is 5. The van der Waals surface area contributed by atoms with Crippen LogP contribution in [0.3, 0.4) is 0 Å². The lowest BCUT2D eigenvalue weighted by Gasteiger charge is -2.32. The molecule has 12 heteroatoms. The molecule has 1 aromatic carbocycles. The zero-order valence-electron chi connectivity index (χ0n) is 17.9. The molecule has 2 aliphatic heterocycles. The molecule has 0 saturated carbocycles.